The van der Waals surface area contributed by atoms with Crippen LogP contribution in [0.1, 0.15) is 77.2 Å². The minimum Gasteiger partial charge on any atom is -0.362 e. The van der Waals surface area contributed by atoms with Crippen LogP contribution in [0.15, 0.2) is 30.3 Å². The van der Waals surface area contributed by atoms with Gasteiger partial charge in [0.25, 0.3) is 0 Å². The first-order valence-electron chi connectivity index (χ1n) is 14.9. The monoisotopic (exact) mass is 600 g/mol. The standard InChI is InChI=1S/C31H44N4O8/c1-3-43-21-33-28(39)16-14-26(37)25(19-23-10-6-4-7-11-23)34-29(40)15-13-24(36)20-32-27(38)12-8-5-9-17-35-30(41)18-22(2)31(35)42/h4,6-7,10-11,22,25H,3,5,8-9,12-21H2,1-2H3,(H,32,38)(H,33,39)(H,34,40)/t22?,25-/m0/s1. The Bertz CT molecular complexity index is 1120. The molecular weight excluding hydrogens is 556 g/mol. The second-order valence-electron chi connectivity index (χ2n) is 10.6. The highest BCUT2D eigenvalue weighted by atomic mass is 16.5. The van der Waals surface area contributed by atoms with E-state index in [2.05, 4.69) is 16.0 Å². The molecule has 236 valence electrons. The molecule has 1 aliphatic heterocycles. The van der Waals surface area contributed by atoms with Gasteiger partial charge in [0.15, 0.2) is 11.6 Å². The van der Waals surface area contributed by atoms with Gasteiger partial charge in [-0.3, -0.25) is 38.5 Å². The van der Waals surface area contributed by atoms with Gasteiger partial charge >= 0.3 is 0 Å². The number of imide groups is 1. The van der Waals surface area contributed by atoms with E-state index < -0.39 is 11.9 Å². The number of nitrogens with zero attached hydrogens (tertiary/aromatic N) is 1. The summed E-state index contributed by atoms with van der Waals surface area (Å²) in [6, 6.07) is 8.31. The van der Waals surface area contributed by atoms with Gasteiger partial charge in [-0.2, -0.15) is 0 Å². The van der Waals surface area contributed by atoms with E-state index in [1.165, 1.54) is 4.90 Å². The quantitative estimate of drug-likeness (QED) is 0.109. The second kappa shape index (κ2) is 19.3. The fourth-order valence-electron chi connectivity index (χ4n) is 4.54. The SMILES string of the molecule is CCOCNC(=O)CCC(=O)[C@H](Cc1ccccc1)NC(=O)CCC(=O)CNC(=O)CCCCCN1C(=O)CC(C)C1=O. The van der Waals surface area contributed by atoms with Crippen LogP contribution in [0.4, 0.5) is 0 Å². The van der Waals surface area contributed by atoms with Crippen molar-refractivity contribution < 1.29 is 38.3 Å². The molecule has 0 spiro atoms. The summed E-state index contributed by atoms with van der Waals surface area (Å²) in [5.41, 5.74) is 0.841. The van der Waals surface area contributed by atoms with Crippen molar-refractivity contribution in [1.82, 2.24) is 20.9 Å². The van der Waals surface area contributed by atoms with Crippen molar-refractivity contribution in [2.45, 2.75) is 84.1 Å². The summed E-state index contributed by atoms with van der Waals surface area (Å²) in [6.45, 7) is 4.20. The van der Waals surface area contributed by atoms with Gasteiger partial charge in [-0.15, -0.1) is 0 Å². The lowest BCUT2D eigenvalue weighted by Crippen LogP contribution is -2.43. The van der Waals surface area contributed by atoms with E-state index in [0.29, 0.717) is 32.4 Å². The van der Waals surface area contributed by atoms with E-state index in [-0.39, 0.29) is 99.3 Å². The number of carbonyl (C=O) groups excluding carboxylic acids is 7. The highest BCUT2D eigenvalue weighted by molar-refractivity contribution is 6.03. The van der Waals surface area contributed by atoms with Gasteiger partial charge in [0, 0.05) is 57.6 Å². The van der Waals surface area contributed by atoms with Gasteiger partial charge in [-0.1, -0.05) is 43.7 Å². The van der Waals surface area contributed by atoms with Gasteiger partial charge in [0.2, 0.25) is 29.5 Å². The maximum Gasteiger partial charge on any atom is 0.232 e. The molecule has 0 saturated carbocycles. The van der Waals surface area contributed by atoms with Crippen LogP contribution in [0.2, 0.25) is 0 Å². The Morgan fingerprint density at radius 1 is 0.884 bits per heavy atom. The van der Waals surface area contributed by atoms with Crippen LogP contribution in [0.25, 0.3) is 0 Å². The predicted molar refractivity (Wildman–Crippen MR) is 157 cm³/mol. The number of unbranched alkanes of at least 4 members (excludes halogenated alkanes) is 2. The van der Waals surface area contributed by atoms with Crippen molar-refractivity contribution in [1.29, 1.82) is 0 Å². The van der Waals surface area contributed by atoms with E-state index >= 15 is 0 Å². The number of hydrogen-bond acceptors (Lipinski definition) is 8. The zero-order valence-electron chi connectivity index (χ0n) is 25.2. The topological polar surface area (TPSA) is 168 Å². The average molecular weight is 601 g/mol. The average Bonchev–Trinajstić information content (AvgIpc) is 3.23. The summed E-state index contributed by atoms with van der Waals surface area (Å²) in [4.78, 5) is 86.9. The summed E-state index contributed by atoms with van der Waals surface area (Å²) < 4.78 is 5.07. The predicted octanol–water partition coefficient (Wildman–Crippen LogP) is 1.59. The summed E-state index contributed by atoms with van der Waals surface area (Å²) in [5, 5.41) is 7.82. The number of ether oxygens (including phenoxy) is 1. The molecule has 2 rings (SSSR count). The Labute approximate surface area is 252 Å². The zero-order chi connectivity index (χ0) is 31.6. The zero-order valence-corrected chi connectivity index (χ0v) is 25.2. The number of benzene rings is 1. The van der Waals surface area contributed by atoms with Crippen LogP contribution >= 0.6 is 0 Å². The first-order valence-corrected chi connectivity index (χ1v) is 14.9. The van der Waals surface area contributed by atoms with Crippen molar-refractivity contribution in [2.24, 2.45) is 5.92 Å². The van der Waals surface area contributed by atoms with Crippen LogP contribution < -0.4 is 16.0 Å². The molecule has 5 amide bonds. The van der Waals surface area contributed by atoms with E-state index in [0.717, 1.165) is 5.56 Å². The van der Waals surface area contributed by atoms with Gasteiger partial charge in [0.05, 0.1) is 12.6 Å². The fraction of sp³-hybridized carbons (Fsp3) is 0.581. The Kier molecular flexibility index (Phi) is 15.8. The third-order valence-corrected chi connectivity index (χ3v) is 7.05. The van der Waals surface area contributed by atoms with Crippen molar-refractivity contribution in [3.05, 3.63) is 35.9 Å². The van der Waals surface area contributed by atoms with Crippen LogP contribution in [-0.2, 0) is 44.7 Å². The van der Waals surface area contributed by atoms with Gasteiger partial charge in [0.1, 0.15) is 6.73 Å². The maximum absolute atomic E-state index is 12.9. The number of carbonyl (C=O) groups is 7. The Morgan fingerprint density at radius 3 is 2.26 bits per heavy atom. The lowest BCUT2D eigenvalue weighted by molar-refractivity contribution is -0.139. The Balaban J connectivity index is 1.69. The summed E-state index contributed by atoms with van der Waals surface area (Å²) in [5.74, 6) is -2.28. The molecule has 1 heterocycles. The minimum absolute atomic E-state index is 0.0394. The van der Waals surface area contributed by atoms with E-state index in [1.807, 2.05) is 30.3 Å². The van der Waals surface area contributed by atoms with E-state index in [9.17, 15) is 33.6 Å². The van der Waals surface area contributed by atoms with Gasteiger partial charge in [-0.05, 0) is 31.7 Å². The highest BCUT2D eigenvalue weighted by Gasteiger charge is 2.34. The number of rotatable bonds is 21. The van der Waals surface area contributed by atoms with Crippen molar-refractivity contribution in [3.63, 3.8) is 0 Å². The maximum atomic E-state index is 12.9. The molecule has 0 bridgehead atoms. The molecule has 43 heavy (non-hydrogen) atoms. The minimum atomic E-state index is -0.852. The summed E-state index contributed by atoms with van der Waals surface area (Å²) in [7, 11) is 0. The second-order valence-corrected chi connectivity index (χ2v) is 10.6. The molecule has 1 saturated heterocycles. The normalized spacial score (nSPS) is 15.2. The lowest BCUT2D eigenvalue weighted by atomic mass is 9.99. The van der Waals surface area contributed by atoms with Crippen LogP contribution in [0.3, 0.4) is 0 Å². The number of hydrogen-bond donors (Lipinski definition) is 3. The Hall–Kier alpha value is -3.93. The van der Waals surface area contributed by atoms with Crippen LogP contribution in [0.5, 0.6) is 0 Å². The smallest absolute Gasteiger partial charge is 0.232 e. The molecule has 12 nitrogen and oxygen atoms in total. The molecule has 1 fully saturated rings. The van der Waals surface area contributed by atoms with Crippen molar-refractivity contribution in [2.75, 3.05) is 26.4 Å². The van der Waals surface area contributed by atoms with Crippen molar-refractivity contribution in [3.8, 4) is 0 Å². The van der Waals surface area contributed by atoms with E-state index in [1.54, 1.807) is 13.8 Å². The number of likely N-dealkylation sites (tertiary alicyclic amines) is 1. The molecule has 12 heteroatoms. The molecule has 3 N–H and O–H groups in total. The van der Waals surface area contributed by atoms with Gasteiger partial charge in [-0.25, -0.2) is 0 Å². The summed E-state index contributed by atoms with van der Waals surface area (Å²) in [6.07, 6.45) is 2.19. The van der Waals surface area contributed by atoms with Crippen molar-refractivity contribution >= 4 is 41.1 Å². The van der Waals surface area contributed by atoms with Gasteiger partial charge < -0.3 is 20.7 Å². The molecule has 0 aromatic heterocycles. The summed E-state index contributed by atoms with van der Waals surface area (Å²) >= 11 is 0. The lowest BCUT2D eigenvalue weighted by Gasteiger charge is -2.18. The third-order valence-electron chi connectivity index (χ3n) is 7.05. The molecule has 1 aromatic rings. The van der Waals surface area contributed by atoms with Crippen LogP contribution in [0, 0.1) is 5.92 Å². The van der Waals surface area contributed by atoms with Crippen LogP contribution in [-0.4, -0.2) is 78.5 Å². The third kappa shape index (κ3) is 13.7. The molecule has 0 aliphatic carbocycles. The number of nitrogens with one attached hydrogen (secondary N) is 3. The Morgan fingerprint density at radius 2 is 1.58 bits per heavy atom. The number of Topliss-reactive ketones (excluding diaryl/α,β-unsaturated/α-hetero) is 2. The largest absolute Gasteiger partial charge is 0.362 e. The first kappa shape index (κ1) is 35.3. The molecule has 0 radical (unpaired) electrons. The number of amides is 5. The molecule has 1 aromatic carbocycles. The molecular formula is C31H44N4O8. The molecule has 2 atom stereocenters. The highest BCUT2D eigenvalue weighted by Crippen LogP contribution is 2.19. The fourth-order valence-corrected chi connectivity index (χ4v) is 4.54. The van der Waals surface area contributed by atoms with E-state index in [4.69, 9.17) is 4.74 Å². The molecule has 1 aliphatic rings. The first-order chi connectivity index (χ1) is 20.6. The number of ketones is 2. The molecule has 1 unspecified atom stereocenters.